The second-order valence-electron chi connectivity index (χ2n) is 4.52. The van der Waals surface area contributed by atoms with Crippen LogP contribution in [0.3, 0.4) is 0 Å². The first-order valence-electron chi connectivity index (χ1n) is 6.39. The molecule has 0 fully saturated rings. The number of nitrogens with one attached hydrogen (secondary N) is 1. The molecule has 0 atom stereocenters. The van der Waals surface area contributed by atoms with E-state index in [-0.39, 0.29) is 11.2 Å². The number of carbonyl (C=O) groups excluding carboxylic acids is 1. The van der Waals surface area contributed by atoms with E-state index in [0.29, 0.717) is 24.5 Å². The van der Waals surface area contributed by atoms with E-state index in [4.69, 9.17) is 11.6 Å². The Morgan fingerprint density at radius 3 is 2.85 bits per heavy atom. The van der Waals surface area contributed by atoms with Crippen molar-refractivity contribution in [3.8, 4) is 0 Å². The van der Waals surface area contributed by atoms with Gasteiger partial charge in [0.1, 0.15) is 5.69 Å². The molecule has 1 N–H and O–H groups in total. The van der Waals surface area contributed by atoms with Gasteiger partial charge in [0.05, 0.1) is 6.20 Å². The Morgan fingerprint density at radius 1 is 1.25 bits per heavy atom. The lowest BCUT2D eigenvalue weighted by Crippen LogP contribution is -2.26. The molecular formula is C14H13ClN4O. The minimum Gasteiger partial charge on any atom is -0.324 e. The van der Waals surface area contributed by atoms with Gasteiger partial charge in [-0.3, -0.25) is 4.79 Å². The zero-order valence-corrected chi connectivity index (χ0v) is 11.5. The summed E-state index contributed by atoms with van der Waals surface area (Å²) in [5, 5.41) is 2.99. The second kappa shape index (κ2) is 5.46. The zero-order chi connectivity index (χ0) is 13.9. The molecule has 0 saturated carbocycles. The number of amides is 1. The molecule has 20 heavy (non-hydrogen) atoms. The Kier molecular flexibility index (Phi) is 3.52. The third-order valence-corrected chi connectivity index (χ3v) is 3.30. The van der Waals surface area contributed by atoms with E-state index in [1.54, 1.807) is 6.20 Å². The van der Waals surface area contributed by atoms with E-state index in [9.17, 15) is 4.79 Å². The molecule has 0 spiro atoms. The number of hydrogen-bond donors (Lipinski definition) is 1. The van der Waals surface area contributed by atoms with Crippen molar-refractivity contribution in [3.05, 3.63) is 41.8 Å². The molecule has 1 aliphatic heterocycles. The average molecular weight is 289 g/mol. The van der Waals surface area contributed by atoms with Gasteiger partial charge >= 0.3 is 0 Å². The molecule has 5 nitrogen and oxygen atoms in total. The van der Waals surface area contributed by atoms with Crippen LogP contribution in [0.1, 0.15) is 12.8 Å². The van der Waals surface area contributed by atoms with Gasteiger partial charge in [0.15, 0.2) is 5.82 Å². The van der Waals surface area contributed by atoms with Crippen LogP contribution < -0.4 is 10.2 Å². The molecule has 0 aliphatic carbocycles. The van der Waals surface area contributed by atoms with Crippen LogP contribution in [0.15, 0.2) is 36.5 Å². The van der Waals surface area contributed by atoms with Gasteiger partial charge in [-0.2, -0.15) is 4.98 Å². The number of benzene rings is 1. The van der Waals surface area contributed by atoms with Crippen molar-refractivity contribution >= 4 is 34.7 Å². The van der Waals surface area contributed by atoms with Crippen molar-refractivity contribution in [2.24, 2.45) is 0 Å². The highest BCUT2D eigenvalue weighted by atomic mass is 35.5. The summed E-state index contributed by atoms with van der Waals surface area (Å²) in [6.45, 7) is 0.706. The monoisotopic (exact) mass is 288 g/mol. The van der Waals surface area contributed by atoms with Crippen molar-refractivity contribution in [3.63, 3.8) is 0 Å². The Balaban J connectivity index is 2.09. The van der Waals surface area contributed by atoms with Gasteiger partial charge < -0.3 is 10.2 Å². The first-order valence-corrected chi connectivity index (χ1v) is 6.77. The number of carbonyl (C=O) groups is 1. The number of para-hydroxylation sites is 1. The summed E-state index contributed by atoms with van der Waals surface area (Å²) >= 11 is 5.90. The van der Waals surface area contributed by atoms with Gasteiger partial charge in [-0.1, -0.05) is 18.2 Å². The number of hydrogen-bond acceptors (Lipinski definition) is 4. The molecule has 1 amide bonds. The summed E-state index contributed by atoms with van der Waals surface area (Å²) in [6, 6.07) is 9.90. The molecule has 2 heterocycles. The van der Waals surface area contributed by atoms with Crippen LogP contribution in [0.25, 0.3) is 0 Å². The summed E-state index contributed by atoms with van der Waals surface area (Å²) in [6.07, 6.45) is 2.77. The lowest BCUT2D eigenvalue weighted by Gasteiger charge is -2.27. The van der Waals surface area contributed by atoms with E-state index in [2.05, 4.69) is 15.3 Å². The SMILES string of the molecule is O=C1CCCN(c2ccccc2)c2nc(Cl)ncc2N1. The van der Waals surface area contributed by atoms with Crippen LogP contribution in [0, 0.1) is 0 Å². The third kappa shape index (κ3) is 2.58. The standard InChI is InChI=1S/C14H13ClN4O/c15-14-16-9-11-13(18-14)19(8-4-7-12(20)17-11)10-5-2-1-3-6-10/h1-3,5-6,9H,4,7-8H2,(H,17,20). The van der Waals surface area contributed by atoms with E-state index in [0.717, 1.165) is 12.1 Å². The maximum absolute atomic E-state index is 11.7. The minimum absolute atomic E-state index is 0.0233. The topological polar surface area (TPSA) is 58.1 Å². The quantitative estimate of drug-likeness (QED) is 0.820. The molecule has 1 aliphatic rings. The Morgan fingerprint density at radius 2 is 2.05 bits per heavy atom. The van der Waals surface area contributed by atoms with Gasteiger partial charge in [-0.15, -0.1) is 0 Å². The highest BCUT2D eigenvalue weighted by Crippen LogP contribution is 2.32. The fraction of sp³-hybridized carbons (Fsp3) is 0.214. The van der Waals surface area contributed by atoms with E-state index < -0.39 is 0 Å². The first kappa shape index (κ1) is 12.9. The maximum Gasteiger partial charge on any atom is 0.224 e. The number of rotatable bonds is 1. The largest absolute Gasteiger partial charge is 0.324 e. The van der Waals surface area contributed by atoms with Crippen molar-refractivity contribution in [1.29, 1.82) is 0 Å². The van der Waals surface area contributed by atoms with Gasteiger partial charge in [-0.05, 0) is 30.2 Å². The Hall–Kier alpha value is -2.14. The molecule has 0 saturated heterocycles. The highest BCUT2D eigenvalue weighted by Gasteiger charge is 2.20. The Labute approximate surface area is 121 Å². The van der Waals surface area contributed by atoms with Crippen molar-refractivity contribution in [2.75, 3.05) is 16.8 Å². The van der Waals surface area contributed by atoms with Crippen LogP contribution in [-0.4, -0.2) is 22.4 Å². The molecule has 0 unspecified atom stereocenters. The molecule has 0 bridgehead atoms. The smallest absolute Gasteiger partial charge is 0.224 e. The first-order chi connectivity index (χ1) is 9.74. The van der Waals surface area contributed by atoms with Crippen LogP contribution in [-0.2, 0) is 4.79 Å². The normalized spacial score (nSPS) is 15.1. The van der Waals surface area contributed by atoms with E-state index >= 15 is 0 Å². The third-order valence-electron chi connectivity index (χ3n) is 3.12. The molecule has 0 radical (unpaired) electrons. The molecule has 6 heteroatoms. The molecular weight excluding hydrogens is 276 g/mol. The van der Waals surface area contributed by atoms with Crippen molar-refractivity contribution < 1.29 is 4.79 Å². The van der Waals surface area contributed by atoms with Gasteiger partial charge in [0.25, 0.3) is 0 Å². The molecule has 2 aromatic rings. The highest BCUT2D eigenvalue weighted by molar-refractivity contribution is 6.28. The summed E-state index contributed by atoms with van der Waals surface area (Å²) in [7, 11) is 0. The van der Waals surface area contributed by atoms with Crippen molar-refractivity contribution in [2.45, 2.75) is 12.8 Å². The summed E-state index contributed by atoms with van der Waals surface area (Å²) in [5.41, 5.74) is 1.60. The molecule has 3 rings (SSSR count). The number of fused-ring (bicyclic) bond motifs is 1. The second-order valence-corrected chi connectivity index (χ2v) is 4.85. The lowest BCUT2D eigenvalue weighted by atomic mass is 10.2. The number of nitrogens with zero attached hydrogens (tertiary/aromatic N) is 3. The zero-order valence-electron chi connectivity index (χ0n) is 10.7. The van der Waals surface area contributed by atoms with Crippen LogP contribution in [0.4, 0.5) is 17.2 Å². The fourth-order valence-electron chi connectivity index (χ4n) is 2.22. The van der Waals surface area contributed by atoms with Gasteiger partial charge in [0.2, 0.25) is 11.2 Å². The number of halogens is 1. The van der Waals surface area contributed by atoms with E-state index in [1.165, 1.54) is 0 Å². The number of aromatic nitrogens is 2. The predicted octanol–water partition coefficient (Wildman–Crippen LogP) is 3.00. The fourth-order valence-corrected chi connectivity index (χ4v) is 2.35. The predicted molar refractivity (Wildman–Crippen MR) is 78.4 cm³/mol. The lowest BCUT2D eigenvalue weighted by molar-refractivity contribution is -0.116. The molecule has 1 aromatic heterocycles. The van der Waals surface area contributed by atoms with Gasteiger partial charge in [-0.25, -0.2) is 4.98 Å². The van der Waals surface area contributed by atoms with Crippen molar-refractivity contribution in [1.82, 2.24) is 9.97 Å². The van der Waals surface area contributed by atoms with Crippen LogP contribution in [0.5, 0.6) is 0 Å². The Bertz CT molecular complexity index is 632. The van der Waals surface area contributed by atoms with Gasteiger partial charge in [0, 0.05) is 18.7 Å². The number of anilines is 3. The van der Waals surface area contributed by atoms with Crippen LogP contribution >= 0.6 is 11.6 Å². The van der Waals surface area contributed by atoms with E-state index in [1.807, 2.05) is 35.2 Å². The summed E-state index contributed by atoms with van der Waals surface area (Å²) in [5.74, 6) is 0.606. The molecule has 102 valence electrons. The molecule has 1 aromatic carbocycles. The summed E-state index contributed by atoms with van der Waals surface area (Å²) in [4.78, 5) is 22.0. The minimum atomic E-state index is -0.0233. The van der Waals surface area contributed by atoms with Crippen LogP contribution in [0.2, 0.25) is 5.28 Å². The summed E-state index contributed by atoms with van der Waals surface area (Å²) < 4.78 is 0. The average Bonchev–Trinajstić information content (AvgIpc) is 2.45. The maximum atomic E-state index is 11.7.